The Balaban J connectivity index is 1.59. The normalized spacial score (nSPS) is 31.5. The Morgan fingerprint density at radius 3 is 2.77 bits per heavy atom. The number of hydrogen-bond acceptors (Lipinski definition) is 5. The molecule has 4 rings (SSSR count). The van der Waals surface area contributed by atoms with Crippen LogP contribution in [0, 0.1) is 0 Å². The van der Waals surface area contributed by atoms with Crippen molar-refractivity contribution in [3.8, 4) is 0 Å². The highest BCUT2D eigenvalue weighted by molar-refractivity contribution is 8.15. The fraction of sp³-hybridized carbons (Fsp3) is 0.529. The van der Waals surface area contributed by atoms with Crippen LogP contribution < -0.4 is 0 Å². The van der Waals surface area contributed by atoms with Gasteiger partial charge in [-0.15, -0.1) is 0 Å². The predicted octanol–water partition coefficient (Wildman–Crippen LogP) is 2.12. The summed E-state index contributed by atoms with van der Waals surface area (Å²) < 4.78 is 29.5. The van der Waals surface area contributed by atoms with Gasteiger partial charge in [0.05, 0.1) is 17.5 Å². The van der Waals surface area contributed by atoms with Gasteiger partial charge in [-0.3, -0.25) is 4.79 Å². The number of ether oxygens (including phenoxy) is 1. The van der Waals surface area contributed by atoms with Crippen LogP contribution in [0.2, 0.25) is 5.02 Å². The summed E-state index contributed by atoms with van der Waals surface area (Å²) in [5, 5.41) is 1.17. The summed E-state index contributed by atoms with van der Waals surface area (Å²) in [5.74, 6) is -0.0354. The summed E-state index contributed by atoms with van der Waals surface area (Å²) in [6.45, 7) is 1.09. The molecule has 0 bridgehead atoms. The average molecular weight is 415 g/mol. The molecule has 3 atom stereocenters. The number of sulfone groups is 1. The predicted molar refractivity (Wildman–Crippen MR) is 102 cm³/mol. The van der Waals surface area contributed by atoms with Crippen LogP contribution >= 0.6 is 23.4 Å². The molecule has 0 aliphatic carbocycles. The molecule has 0 spiro atoms. The maximum Gasteiger partial charge on any atom is 0.277 e. The molecule has 6 nitrogen and oxygen atoms in total. The largest absolute Gasteiger partial charge is 0.368 e. The van der Waals surface area contributed by atoms with Gasteiger partial charge in [-0.2, -0.15) is 4.99 Å². The van der Waals surface area contributed by atoms with Crippen LogP contribution in [0.3, 0.4) is 0 Å². The molecule has 3 fully saturated rings. The first kappa shape index (κ1) is 18.3. The minimum absolute atomic E-state index is 0.0802. The van der Waals surface area contributed by atoms with Crippen LogP contribution in [0.5, 0.6) is 0 Å². The molecular formula is C17H19ClN2O4S2. The number of thioether (sulfide) groups is 1. The second-order valence-electron chi connectivity index (χ2n) is 6.79. The molecule has 3 aliphatic heterocycles. The number of amides is 1. The van der Waals surface area contributed by atoms with Gasteiger partial charge in [0.2, 0.25) is 0 Å². The number of halogens is 1. The van der Waals surface area contributed by atoms with E-state index in [1.54, 1.807) is 12.1 Å². The summed E-state index contributed by atoms with van der Waals surface area (Å²) in [7, 11) is -3.05. The standard InChI is InChI=1S/C17H19ClN2O4S2/c18-12-5-3-11(4-6-12)8-20-13-9-26(22,23)10-15(13)25-17(20)19-16(21)14-2-1-7-24-14/h3-6,13-15H,1-2,7-10H2/t13-,14-,15-/m0/s1. The topological polar surface area (TPSA) is 76.0 Å². The molecule has 1 amide bonds. The van der Waals surface area contributed by atoms with Gasteiger partial charge in [-0.05, 0) is 30.5 Å². The highest BCUT2D eigenvalue weighted by atomic mass is 35.5. The van der Waals surface area contributed by atoms with Gasteiger partial charge in [0.25, 0.3) is 5.91 Å². The van der Waals surface area contributed by atoms with E-state index < -0.39 is 15.9 Å². The fourth-order valence-corrected chi connectivity index (χ4v) is 7.63. The van der Waals surface area contributed by atoms with E-state index in [1.165, 1.54) is 11.8 Å². The van der Waals surface area contributed by atoms with Gasteiger partial charge in [0.1, 0.15) is 6.10 Å². The van der Waals surface area contributed by atoms with Gasteiger partial charge in [0.15, 0.2) is 15.0 Å². The highest BCUT2D eigenvalue weighted by Crippen LogP contribution is 2.39. The Labute approximate surface area is 161 Å². The van der Waals surface area contributed by atoms with Gasteiger partial charge in [-0.1, -0.05) is 35.5 Å². The Morgan fingerprint density at radius 2 is 2.08 bits per heavy atom. The van der Waals surface area contributed by atoms with E-state index in [0.717, 1.165) is 12.0 Å². The zero-order valence-electron chi connectivity index (χ0n) is 14.0. The Kier molecular flexibility index (Phi) is 5.02. The van der Waals surface area contributed by atoms with E-state index in [2.05, 4.69) is 4.99 Å². The number of carbonyl (C=O) groups excluding carboxylic acids is 1. The molecule has 3 heterocycles. The number of benzene rings is 1. The van der Waals surface area contributed by atoms with E-state index in [1.807, 2.05) is 17.0 Å². The SMILES string of the molecule is O=C(N=C1S[C@H]2CS(=O)(=O)C[C@@H]2N1Cc1ccc(Cl)cc1)[C@@H]1CCCO1. The van der Waals surface area contributed by atoms with Crippen LogP contribution in [0.1, 0.15) is 18.4 Å². The number of rotatable bonds is 3. The zero-order valence-corrected chi connectivity index (χ0v) is 16.4. The van der Waals surface area contributed by atoms with E-state index in [0.29, 0.717) is 29.8 Å². The van der Waals surface area contributed by atoms with E-state index in [9.17, 15) is 13.2 Å². The molecule has 1 aromatic rings. The number of fused-ring (bicyclic) bond motifs is 1. The lowest BCUT2D eigenvalue weighted by atomic mass is 10.1. The van der Waals surface area contributed by atoms with Crippen molar-refractivity contribution in [2.45, 2.75) is 36.8 Å². The minimum Gasteiger partial charge on any atom is -0.368 e. The number of nitrogens with zero attached hydrogens (tertiary/aromatic N) is 2. The van der Waals surface area contributed by atoms with Crippen molar-refractivity contribution in [1.29, 1.82) is 0 Å². The summed E-state index contributed by atoms with van der Waals surface area (Å²) in [6.07, 6.45) is 1.09. The monoisotopic (exact) mass is 414 g/mol. The summed E-state index contributed by atoms with van der Waals surface area (Å²) in [5.41, 5.74) is 0.997. The molecule has 3 saturated heterocycles. The molecule has 0 saturated carbocycles. The maximum absolute atomic E-state index is 12.4. The number of carbonyl (C=O) groups is 1. The lowest BCUT2D eigenvalue weighted by molar-refractivity contribution is -0.126. The van der Waals surface area contributed by atoms with Crippen LogP contribution in [-0.4, -0.2) is 59.9 Å². The lowest BCUT2D eigenvalue weighted by Gasteiger charge is -2.24. The summed E-state index contributed by atoms with van der Waals surface area (Å²) in [4.78, 5) is 18.7. The van der Waals surface area contributed by atoms with Crippen molar-refractivity contribution in [1.82, 2.24) is 4.90 Å². The third-order valence-corrected chi connectivity index (χ3v) is 8.35. The maximum atomic E-state index is 12.4. The highest BCUT2D eigenvalue weighted by Gasteiger charge is 2.48. The van der Waals surface area contributed by atoms with Crippen LogP contribution in [0.4, 0.5) is 0 Å². The number of hydrogen-bond donors (Lipinski definition) is 0. The molecule has 26 heavy (non-hydrogen) atoms. The smallest absolute Gasteiger partial charge is 0.277 e. The molecule has 0 unspecified atom stereocenters. The molecule has 3 aliphatic rings. The number of aliphatic imine (C=N–C) groups is 1. The quantitative estimate of drug-likeness (QED) is 0.754. The first-order valence-electron chi connectivity index (χ1n) is 8.53. The third kappa shape index (κ3) is 3.78. The Bertz CT molecular complexity index is 835. The van der Waals surface area contributed by atoms with Gasteiger partial charge >= 0.3 is 0 Å². The van der Waals surface area contributed by atoms with Crippen molar-refractivity contribution in [3.05, 3.63) is 34.9 Å². The molecule has 0 N–H and O–H groups in total. The van der Waals surface area contributed by atoms with Crippen molar-refractivity contribution >= 4 is 44.3 Å². The Hall–Kier alpha value is -1.09. The van der Waals surface area contributed by atoms with Gasteiger partial charge in [-0.25, -0.2) is 8.42 Å². The molecular weight excluding hydrogens is 396 g/mol. The van der Waals surface area contributed by atoms with E-state index in [4.69, 9.17) is 16.3 Å². The van der Waals surface area contributed by atoms with Crippen molar-refractivity contribution in [3.63, 3.8) is 0 Å². The molecule has 9 heteroatoms. The van der Waals surface area contributed by atoms with Crippen LogP contribution in [0.25, 0.3) is 0 Å². The first-order valence-corrected chi connectivity index (χ1v) is 11.6. The fourth-order valence-electron chi connectivity index (χ4n) is 3.55. The molecule has 1 aromatic carbocycles. The van der Waals surface area contributed by atoms with Crippen LogP contribution in [0.15, 0.2) is 29.3 Å². The zero-order chi connectivity index (χ0) is 18.3. The van der Waals surface area contributed by atoms with Crippen molar-refractivity contribution in [2.24, 2.45) is 4.99 Å². The second-order valence-corrected chi connectivity index (χ2v) is 10.6. The van der Waals surface area contributed by atoms with Gasteiger partial charge in [0, 0.05) is 23.4 Å². The summed E-state index contributed by atoms with van der Waals surface area (Å²) >= 11 is 7.34. The molecule has 0 radical (unpaired) electrons. The van der Waals surface area contributed by atoms with E-state index >= 15 is 0 Å². The third-order valence-electron chi connectivity index (χ3n) is 4.85. The lowest BCUT2D eigenvalue weighted by Crippen LogP contribution is -2.37. The molecule has 0 aromatic heterocycles. The van der Waals surface area contributed by atoms with Gasteiger partial charge < -0.3 is 9.64 Å². The Morgan fingerprint density at radius 1 is 1.31 bits per heavy atom. The second kappa shape index (κ2) is 7.14. The van der Waals surface area contributed by atoms with Crippen LogP contribution in [-0.2, 0) is 25.9 Å². The van der Waals surface area contributed by atoms with E-state index in [-0.39, 0.29) is 28.7 Å². The van der Waals surface area contributed by atoms with Crippen molar-refractivity contribution < 1.29 is 17.9 Å². The minimum atomic E-state index is -3.05. The van der Waals surface area contributed by atoms with Crippen molar-refractivity contribution in [2.75, 3.05) is 18.1 Å². The number of amidine groups is 1. The molecule has 140 valence electrons. The first-order chi connectivity index (χ1) is 12.4. The average Bonchev–Trinajstić information content (AvgIpc) is 3.27. The summed E-state index contributed by atoms with van der Waals surface area (Å²) in [6, 6.07) is 7.26.